The smallest absolute Gasteiger partial charge is 0.327 e. The van der Waals surface area contributed by atoms with Crippen LogP contribution in [0.15, 0.2) is 158 Å². The number of fused-ring (bicyclic) bond motifs is 1. The Kier molecular flexibility index (Phi) is 34.1. The van der Waals surface area contributed by atoms with Crippen molar-refractivity contribution in [3.8, 4) is 5.75 Å². The van der Waals surface area contributed by atoms with Gasteiger partial charge in [0, 0.05) is 73.3 Å². The molecule has 33 nitrogen and oxygen atoms in total. The molecule has 0 saturated carbocycles. The monoisotopic (exact) mass is 1570 g/mol. The van der Waals surface area contributed by atoms with E-state index >= 15 is 14.4 Å². The number of aromatic amines is 1. The molecule has 594 valence electrons. The number of nitrogens with zero attached hydrogens (tertiary/aromatic N) is 2. The molecule has 0 saturated heterocycles. The summed E-state index contributed by atoms with van der Waals surface area (Å²) < 4.78 is 1.15. The number of hydrogen-bond acceptors (Lipinski definition) is 22. The van der Waals surface area contributed by atoms with E-state index in [9.17, 15) is 68.7 Å². The summed E-state index contributed by atoms with van der Waals surface area (Å²) in [5.74, 6) is -12.4. The maximum absolute atomic E-state index is 15.4. The number of para-hydroxylation sites is 1. The van der Waals surface area contributed by atoms with Crippen molar-refractivity contribution in [2.24, 2.45) is 17.2 Å². The number of benzene rings is 5. The standard InChI is InChI=1S/C76H96N16O17S2/c1-42(94)63(73(105)87-59(32-46-20-10-5-11-21-46)71(103)91-64(43(2)95)74(106)88-61(38-93)72(104)89-62(40-111)76(108)109)90-66(98)55(24-14-15-29-77)82-70(102)60(34-48-36-80-54-23-13-12-22-51(48)54)86-69(101)58(31-45-18-8-4-9-19-45)85-68(100)57(30-44-16-6-3-7-17-44)84-67(99)56(33-47-25-27-50(96)28-26-47)83-65(97)52(78)35-49-37-92(41-81-49)75(107)53(79)39-110/h3-13,16-23,25-28,36-37,41-43,52-53,55-64,80,93-96,110-111H,14-15,24,29-35,38-40,77-79H2,1-2H3,(H,82,102)(H,83,97)(H,84,99)(H,85,100)(H,86,101)(H,87,105)(H,88,106)(H,89,104)(H,90,98)(H,91,103)(H,108,109)/t42-,43-,52+,53+,55+,56+,57+,58+,59+,60-,61+,62+,63+,64+/m1/s1. The van der Waals surface area contributed by atoms with Crippen molar-refractivity contribution in [1.82, 2.24) is 67.7 Å². The minimum absolute atomic E-state index is 0.0525. The summed E-state index contributed by atoms with van der Waals surface area (Å²) in [6.07, 6.45) is -0.108. The Morgan fingerprint density at radius 2 is 0.856 bits per heavy atom. The molecule has 0 unspecified atom stereocenters. The zero-order valence-electron chi connectivity index (χ0n) is 60.9. The summed E-state index contributed by atoms with van der Waals surface area (Å²) in [6.45, 7) is 1.38. The van der Waals surface area contributed by atoms with Gasteiger partial charge in [-0.25, -0.2) is 9.78 Å². The van der Waals surface area contributed by atoms with Gasteiger partial charge < -0.3 is 101 Å². The molecule has 0 aliphatic carbocycles. The lowest BCUT2D eigenvalue weighted by Gasteiger charge is -2.29. The largest absolute Gasteiger partial charge is 0.508 e. The fourth-order valence-electron chi connectivity index (χ4n) is 11.8. The number of H-pyrrole nitrogens is 1. The minimum atomic E-state index is -1.89. The van der Waals surface area contributed by atoms with Crippen molar-refractivity contribution >= 4 is 107 Å². The van der Waals surface area contributed by atoms with Gasteiger partial charge >= 0.3 is 5.97 Å². The molecular formula is C76H96N16O17S2. The second-order valence-electron chi connectivity index (χ2n) is 26.6. The lowest BCUT2D eigenvalue weighted by molar-refractivity contribution is -0.142. The maximum atomic E-state index is 15.4. The molecule has 5 aromatic carbocycles. The number of carboxylic acids is 1. The van der Waals surface area contributed by atoms with E-state index in [-0.39, 0.29) is 80.9 Å². The second-order valence-corrected chi connectivity index (χ2v) is 27.4. The van der Waals surface area contributed by atoms with E-state index in [0.29, 0.717) is 45.1 Å². The minimum Gasteiger partial charge on any atom is -0.508 e. The number of aromatic nitrogens is 3. The number of amides is 10. The number of aliphatic hydroxyl groups excluding tert-OH is 3. The highest BCUT2D eigenvalue weighted by atomic mass is 32.1. The number of aliphatic hydroxyl groups is 3. The molecule has 7 rings (SSSR count). The van der Waals surface area contributed by atoms with Crippen LogP contribution in [0.25, 0.3) is 10.9 Å². The number of imidazole rings is 1. The molecule has 22 N–H and O–H groups in total. The quantitative estimate of drug-likeness (QED) is 0.0142. The van der Waals surface area contributed by atoms with Gasteiger partial charge in [0.1, 0.15) is 72.5 Å². The normalized spacial score (nSPS) is 15.0. The number of unbranched alkanes of at least 4 members (excludes halogenated alkanes) is 1. The Balaban J connectivity index is 1.16. The van der Waals surface area contributed by atoms with Crippen molar-refractivity contribution < 1.29 is 83.1 Å². The fraction of sp³-hybridized carbons (Fsp3) is 0.382. The Morgan fingerprint density at radius 1 is 0.459 bits per heavy atom. The van der Waals surface area contributed by atoms with Crippen LogP contribution < -0.4 is 70.4 Å². The van der Waals surface area contributed by atoms with Crippen LogP contribution in [-0.2, 0) is 91.3 Å². The Morgan fingerprint density at radius 3 is 1.31 bits per heavy atom. The summed E-state index contributed by atoms with van der Waals surface area (Å²) in [7, 11) is 0. The lowest BCUT2D eigenvalue weighted by Crippen LogP contribution is -2.63. The zero-order chi connectivity index (χ0) is 80.8. The summed E-state index contributed by atoms with van der Waals surface area (Å²) in [5, 5.41) is 77.9. The number of hydrogen-bond donors (Lipinski definition) is 21. The molecular weight excluding hydrogens is 1470 g/mol. The highest BCUT2D eigenvalue weighted by Gasteiger charge is 2.39. The first kappa shape index (κ1) is 87.2. The Bertz CT molecular complexity index is 4290. The first-order chi connectivity index (χ1) is 53.1. The average molecular weight is 1570 g/mol. The van der Waals surface area contributed by atoms with Gasteiger partial charge in [0.25, 0.3) is 0 Å². The zero-order valence-corrected chi connectivity index (χ0v) is 62.7. The predicted octanol–water partition coefficient (Wildman–Crippen LogP) is -2.20. The molecule has 2 heterocycles. The number of carbonyl (C=O) groups is 12. The van der Waals surface area contributed by atoms with Gasteiger partial charge in [-0.05, 0) is 85.7 Å². The number of phenols is 1. The number of carbonyl (C=O) groups excluding carboxylic acids is 11. The van der Waals surface area contributed by atoms with E-state index in [0.717, 1.165) is 18.4 Å². The van der Waals surface area contributed by atoms with Gasteiger partial charge in [0.2, 0.25) is 65.0 Å². The molecule has 35 heteroatoms. The third-order valence-corrected chi connectivity index (χ3v) is 18.7. The molecule has 14 atom stereocenters. The number of nitrogens with one attached hydrogen (secondary N) is 11. The number of phenolic OH excluding ortho intramolecular Hbond substituents is 1. The molecule has 2 aromatic heterocycles. The third kappa shape index (κ3) is 26.6. The predicted molar refractivity (Wildman–Crippen MR) is 415 cm³/mol. The van der Waals surface area contributed by atoms with Gasteiger partial charge in [-0.1, -0.05) is 121 Å². The number of carboxylic acid groups (broad SMARTS) is 1. The maximum Gasteiger partial charge on any atom is 0.327 e. The van der Waals surface area contributed by atoms with Crippen molar-refractivity contribution in [2.45, 2.75) is 156 Å². The fourth-order valence-corrected chi connectivity index (χ4v) is 12.2. The van der Waals surface area contributed by atoms with Gasteiger partial charge in [-0.3, -0.25) is 57.3 Å². The number of nitrogens with two attached hydrogens (primary N) is 3. The van der Waals surface area contributed by atoms with Gasteiger partial charge in [0.05, 0.1) is 36.6 Å². The highest BCUT2D eigenvalue weighted by Crippen LogP contribution is 2.21. The Labute approximate surface area is 650 Å². The van der Waals surface area contributed by atoms with Crippen LogP contribution >= 0.6 is 25.3 Å². The van der Waals surface area contributed by atoms with E-state index in [1.807, 2.05) is 0 Å². The van der Waals surface area contributed by atoms with Crippen molar-refractivity contribution in [3.63, 3.8) is 0 Å². The molecule has 0 aliphatic heterocycles. The second kappa shape index (κ2) is 43.4. The molecule has 0 fully saturated rings. The third-order valence-electron chi connectivity index (χ3n) is 18.0. The van der Waals surface area contributed by atoms with Crippen LogP contribution in [0.2, 0.25) is 0 Å². The van der Waals surface area contributed by atoms with Gasteiger partial charge in [0.15, 0.2) is 0 Å². The summed E-state index contributed by atoms with van der Waals surface area (Å²) in [5.41, 5.74) is 21.7. The van der Waals surface area contributed by atoms with E-state index < -0.39 is 162 Å². The summed E-state index contributed by atoms with van der Waals surface area (Å²) in [4.78, 5) is 177. The van der Waals surface area contributed by atoms with Crippen molar-refractivity contribution in [1.29, 1.82) is 0 Å². The Hall–Kier alpha value is -11.0. The molecule has 0 radical (unpaired) electrons. The molecule has 7 aromatic rings. The number of aliphatic carboxylic acids is 1. The first-order valence-electron chi connectivity index (χ1n) is 35.8. The lowest BCUT2D eigenvalue weighted by atomic mass is 9.99. The van der Waals surface area contributed by atoms with Crippen LogP contribution in [0.3, 0.4) is 0 Å². The summed E-state index contributed by atoms with van der Waals surface area (Å²) >= 11 is 7.99. The van der Waals surface area contributed by atoms with Crippen LogP contribution in [0.1, 0.15) is 71.4 Å². The first-order valence-corrected chi connectivity index (χ1v) is 37.0. The number of thiol groups is 2. The van der Waals surface area contributed by atoms with Gasteiger partial charge in [-0.15, -0.1) is 0 Å². The SMILES string of the molecule is C[C@@H](O)[C@H](NC(=O)[C@H](Cc1ccccc1)NC(=O)[C@@H](NC(=O)[C@H](CCCCN)NC(=O)[C@@H](Cc1c[nH]c2ccccc12)NC(=O)[C@H](Cc1ccccc1)NC(=O)[C@H](Cc1ccccc1)NC(=O)[C@H](Cc1ccc(O)cc1)NC(=O)[C@@H](N)Cc1cn(C(=O)[C@@H](N)CS)cn1)[C@@H](C)O)C(=O)N[C@@H](CO)C(=O)N[C@@H](CS)C(=O)O. The van der Waals surface area contributed by atoms with E-state index in [4.69, 9.17) is 17.2 Å². The van der Waals surface area contributed by atoms with Crippen molar-refractivity contribution in [2.75, 3.05) is 24.7 Å². The van der Waals surface area contributed by atoms with E-state index in [1.165, 1.54) is 36.8 Å². The van der Waals surface area contributed by atoms with Crippen LogP contribution in [-0.4, -0.2) is 220 Å². The van der Waals surface area contributed by atoms with Crippen molar-refractivity contribution in [3.05, 3.63) is 192 Å². The van der Waals surface area contributed by atoms with Crippen LogP contribution in [0.5, 0.6) is 5.75 Å². The average Bonchev–Trinajstić information content (AvgIpc) is 1.67. The molecule has 10 amide bonds. The van der Waals surface area contributed by atoms with Crippen LogP contribution in [0.4, 0.5) is 0 Å². The van der Waals surface area contributed by atoms with Crippen LogP contribution in [0, 0.1) is 0 Å². The number of rotatable bonds is 43. The van der Waals surface area contributed by atoms with E-state index in [1.54, 1.807) is 121 Å². The topological polar surface area (TPSA) is 538 Å². The highest BCUT2D eigenvalue weighted by molar-refractivity contribution is 7.80. The molecule has 0 spiro atoms. The molecule has 0 bridgehead atoms. The number of aromatic hydroxyl groups is 1. The molecule has 111 heavy (non-hydrogen) atoms. The molecule has 0 aliphatic rings. The summed E-state index contributed by atoms with van der Waals surface area (Å²) in [6, 6.07) is 19.6. The van der Waals surface area contributed by atoms with E-state index in [2.05, 4.69) is 88.4 Å². The van der Waals surface area contributed by atoms with Gasteiger partial charge in [-0.2, -0.15) is 25.3 Å².